The summed E-state index contributed by atoms with van der Waals surface area (Å²) >= 11 is 0. The van der Waals surface area contributed by atoms with Crippen LogP contribution in [-0.2, 0) is 4.79 Å². The van der Waals surface area contributed by atoms with Crippen molar-refractivity contribution < 1.29 is 9.21 Å². The van der Waals surface area contributed by atoms with Crippen LogP contribution in [0.3, 0.4) is 0 Å². The predicted octanol–water partition coefficient (Wildman–Crippen LogP) is 2.29. The Labute approximate surface area is 116 Å². The highest BCUT2D eigenvalue weighted by molar-refractivity contribution is 5.70. The molecule has 0 atom stereocenters. The third-order valence-corrected chi connectivity index (χ3v) is 3.42. The van der Waals surface area contributed by atoms with Gasteiger partial charge in [0.2, 0.25) is 18.2 Å². The Bertz CT molecular complexity index is 643. The monoisotopic (exact) mass is 269 g/mol. The second kappa shape index (κ2) is 5.28. The lowest BCUT2D eigenvalue weighted by atomic mass is 9.98. The van der Waals surface area contributed by atoms with E-state index in [0.29, 0.717) is 18.3 Å². The molecule has 1 amide bonds. The molecule has 0 fully saturated rings. The summed E-state index contributed by atoms with van der Waals surface area (Å²) in [6.45, 7) is 3.24. The molecule has 1 aliphatic heterocycles. The molecular weight excluding hydrogens is 254 g/mol. The van der Waals surface area contributed by atoms with Gasteiger partial charge in [0.15, 0.2) is 0 Å². The predicted molar refractivity (Wildman–Crippen MR) is 74.7 cm³/mol. The number of hydrogen-bond donors (Lipinski definition) is 0. The topological polar surface area (TPSA) is 59.2 Å². The molecule has 0 aliphatic carbocycles. The minimum absolute atomic E-state index is 0.541. The first-order chi connectivity index (χ1) is 9.76. The summed E-state index contributed by atoms with van der Waals surface area (Å²) in [5.74, 6) is 1.10. The fraction of sp³-hybridized carbons (Fsp3) is 0.267. The first kappa shape index (κ1) is 12.6. The molecule has 5 heteroatoms. The number of benzene rings is 1. The van der Waals surface area contributed by atoms with Gasteiger partial charge in [0.25, 0.3) is 0 Å². The molecule has 20 heavy (non-hydrogen) atoms. The minimum atomic E-state index is 0.541. The van der Waals surface area contributed by atoms with Crippen LogP contribution in [0.2, 0.25) is 0 Å². The van der Waals surface area contributed by atoms with E-state index in [1.54, 1.807) is 11.8 Å². The number of aromatic nitrogens is 2. The first-order valence-electron chi connectivity index (χ1n) is 6.55. The van der Waals surface area contributed by atoms with Crippen LogP contribution >= 0.6 is 0 Å². The number of rotatable bonds is 3. The number of aryl methyl sites for hydroxylation is 1. The largest absolute Gasteiger partial charge is 0.421 e. The van der Waals surface area contributed by atoms with Gasteiger partial charge in [0.1, 0.15) is 0 Å². The Kier molecular flexibility index (Phi) is 3.33. The van der Waals surface area contributed by atoms with Gasteiger partial charge in [-0.25, -0.2) is 0 Å². The van der Waals surface area contributed by atoms with Crippen molar-refractivity contribution in [2.75, 3.05) is 13.1 Å². The average molecular weight is 269 g/mol. The van der Waals surface area contributed by atoms with E-state index in [1.165, 1.54) is 11.1 Å². The van der Waals surface area contributed by atoms with E-state index < -0.39 is 0 Å². The van der Waals surface area contributed by atoms with Crippen LogP contribution < -0.4 is 0 Å². The summed E-state index contributed by atoms with van der Waals surface area (Å²) in [5, 5.41) is 7.83. The number of hydrogen-bond acceptors (Lipinski definition) is 4. The second-order valence-corrected chi connectivity index (χ2v) is 4.78. The molecule has 0 saturated heterocycles. The third-order valence-electron chi connectivity index (χ3n) is 3.42. The molecule has 0 N–H and O–H groups in total. The molecule has 102 valence electrons. The molecule has 0 radical (unpaired) electrons. The lowest BCUT2D eigenvalue weighted by Gasteiger charge is -2.22. The Hall–Kier alpha value is -2.43. The van der Waals surface area contributed by atoms with E-state index in [4.69, 9.17) is 4.42 Å². The highest BCUT2D eigenvalue weighted by Crippen LogP contribution is 2.25. The summed E-state index contributed by atoms with van der Waals surface area (Å²) in [7, 11) is 0. The molecule has 2 aromatic rings. The molecule has 3 rings (SSSR count). The molecule has 0 saturated carbocycles. The van der Waals surface area contributed by atoms with Gasteiger partial charge in [-0.15, -0.1) is 10.2 Å². The maximum Gasteiger partial charge on any atom is 0.247 e. The summed E-state index contributed by atoms with van der Waals surface area (Å²) in [4.78, 5) is 12.4. The van der Waals surface area contributed by atoms with Crippen LogP contribution in [0.25, 0.3) is 17.0 Å². The molecule has 1 aliphatic rings. The van der Waals surface area contributed by atoms with Crippen molar-refractivity contribution in [2.45, 2.75) is 13.3 Å². The number of carbonyl (C=O) groups is 1. The lowest BCUT2D eigenvalue weighted by Crippen LogP contribution is -2.26. The zero-order valence-electron chi connectivity index (χ0n) is 11.2. The van der Waals surface area contributed by atoms with Gasteiger partial charge >= 0.3 is 0 Å². The van der Waals surface area contributed by atoms with E-state index in [0.717, 1.165) is 24.9 Å². The summed E-state index contributed by atoms with van der Waals surface area (Å²) in [5.41, 5.74) is 3.37. The fourth-order valence-corrected chi connectivity index (χ4v) is 2.28. The molecule has 0 bridgehead atoms. The first-order valence-corrected chi connectivity index (χ1v) is 6.55. The number of carbonyl (C=O) groups excluding carboxylic acids is 1. The Morgan fingerprint density at radius 3 is 2.50 bits per heavy atom. The lowest BCUT2D eigenvalue weighted by molar-refractivity contribution is -0.117. The van der Waals surface area contributed by atoms with E-state index in [9.17, 15) is 4.79 Å². The second-order valence-electron chi connectivity index (χ2n) is 4.78. The zero-order valence-corrected chi connectivity index (χ0v) is 11.2. The highest BCUT2D eigenvalue weighted by Gasteiger charge is 2.12. The van der Waals surface area contributed by atoms with Crippen molar-refractivity contribution in [3.8, 4) is 11.5 Å². The average Bonchev–Trinajstić information content (AvgIpc) is 2.94. The van der Waals surface area contributed by atoms with Gasteiger partial charge in [-0.05, 0) is 29.7 Å². The normalized spacial score (nSPS) is 15.1. The summed E-state index contributed by atoms with van der Waals surface area (Å²) in [6.07, 6.45) is 3.88. The van der Waals surface area contributed by atoms with Gasteiger partial charge in [-0.2, -0.15) is 0 Å². The van der Waals surface area contributed by atoms with Gasteiger partial charge in [0, 0.05) is 25.6 Å². The summed E-state index contributed by atoms with van der Waals surface area (Å²) < 4.78 is 5.40. The zero-order chi connectivity index (χ0) is 13.9. The van der Waals surface area contributed by atoms with Crippen LogP contribution in [0.5, 0.6) is 0 Å². The van der Waals surface area contributed by atoms with Crippen molar-refractivity contribution >= 4 is 12.0 Å². The van der Waals surface area contributed by atoms with Gasteiger partial charge in [0.05, 0.1) is 0 Å². The Morgan fingerprint density at radius 1 is 1.20 bits per heavy atom. The van der Waals surface area contributed by atoms with Crippen molar-refractivity contribution in [2.24, 2.45) is 0 Å². The fourth-order valence-electron chi connectivity index (χ4n) is 2.28. The van der Waals surface area contributed by atoms with Crippen molar-refractivity contribution in [1.29, 1.82) is 0 Å². The Balaban J connectivity index is 1.80. The van der Waals surface area contributed by atoms with Crippen LogP contribution in [0.15, 0.2) is 34.8 Å². The smallest absolute Gasteiger partial charge is 0.247 e. The van der Waals surface area contributed by atoms with Crippen molar-refractivity contribution in [1.82, 2.24) is 15.1 Å². The number of nitrogens with zero attached hydrogens (tertiary/aromatic N) is 3. The van der Waals surface area contributed by atoms with Crippen molar-refractivity contribution in [3.63, 3.8) is 0 Å². The minimum Gasteiger partial charge on any atom is -0.421 e. The van der Waals surface area contributed by atoms with E-state index in [-0.39, 0.29) is 0 Å². The molecule has 1 aromatic carbocycles. The van der Waals surface area contributed by atoms with Gasteiger partial charge in [-0.3, -0.25) is 4.79 Å². The molecule has 0 spiro atoms. The molecule has 2 heterocycles. The van der Waals surface area contributed by atoms with E-state index >= 15 is 0 Å². The maximum absolute atomic E-state index is 10.7. The van der Waals surface area contributed by atoms with E-state index in [1.807, 2.05) is 12.1 Å². The van der Waals surface area contributed by atoms with Crippen LogP contribution in [0.4, 0.5) is 0 Å². The molecular formula is C15H15N3O2. The standard InChI is InChI=1S/C15H15N3O2/c1-11-16-17-15(20-11)14-4-2-12(3-5-14)13-6-8-18(10-19)9-7-13/h2-6,10H,7-9H2,1H3. The Morgan fingerprint density at radius 2 is 1.95 bits per heavy atom. The number of amides is 1. The highest BCUT2D eigenvalue weighted by atomic mass is 16.4. The SMILES string of the molecule is Cc1nnc(-c2ccc(C3=CCN(C=O)CC3)cc2)o1. The van der Waals surface area contributed by atoms with Crippen molar-refractivity contribution in [3.05, 3.63) is 41.8 Å². The van der Waals surface area contributed by atoms with Gasteiger partial charge < -0.3 is 9.32 Å². The maximum atomic E-state index is 10.7. The quantitative estimate of drug-likeness (QED) is 0.802. The molecule has 0 unspecified atom stereocenters. The van der Waals surface area contributed by atoms with Crippen LogP contribution in [0, 0.1) is 6.92 Å². The van der Waals surface area contributed by atoms with Crippen LogP contribution in [0.1, 0.15) is 17.9 Å². The third kappa shape index (κ3) is 2.47. The van der Waals surface area contributed by atoms with E-state index in [2.05, 4.69) is 28.4 Å². The summed E-state index contributed by atoms with van der Waals surface area (Å²) in [6, 6.07) is 8.07. The van der Waals surface area contributed by atoms with Crippen LogP contribution in [-0.4, -0.2) is 34.6 Å². The molecule has 1 aromatic heterocycles. The molecule has 5 nitrogen and oxygen atoms in total. The van der Waals surface area contributed by atoms with Gasteiger partial charge in [-0.1, -0.05) is 18.2 Å².